The number of nitrogens with zero attached hydrogens (tertiary/aromatic N) is 1. The van der Waals surface area contributed by atoms with E-state index < -0.39 is 0 Å². The summed E-state index contributed by atoms with van der Waals surface area (Å²) in [7, 11) is 1.81. The van der Waals surface area contributed by atoms with Gasteiger partial charge in [0.1, 0.15) is 0 Å². The molecule has 0 aliphatic rings. The van der Waals surface area contributed by atoms with Crippen molar-refractivity contribution in [3.05, 3.63) is 0 Å². The van der Waals surface area contributed by atoms with Gasteiger partial charge in [0.2, 0.25) is 0 Å². The van der Waals surface area contributed by atoms with E-state index >= 15 is 0 Å². The summed E-state index contributed by atoms with van der Waals surface area (Å²) in [6, 6.07) is 0.287. The highest BCUT2D eigenvalue weighted by molar-refractivity contribution is 5.74. The number of carbonyl (C=O) groups is 1. The summed E-state index contributed by atoms with van der Waals surface area (Å²) >= 11 is 0. The summed E-state index contributed by atoms with van der Waals surface area (Å²) in [4.78, 5) is 13.1. The Labute approximate surface area is 81.5 Å². The Bertz CT molecular complexity index is 155. The highest BCUT2D eigenvalue weighted by atomic mass is 16.2. The number of nitrogens with one attached hydrogen (secondary N) is 1. The molecule has 0 atom stereocenters. The fraction of sp³-hybridized carbons (Fsp3) is 0.900. The molecule has 13 heavy (non-hydrogen) atoms. The number of carbonyl (C=O) groups excluding carboxylic acids is 1. The zero-order chi connectivity index (χ0) is 10.4. The smallest absolute Gasteiger partial charge is 0.317 e. The van der Waals surface area contributed by atoms with Crippen LogP contribution in [0.2, 0.25) is 0 Å². The van der Waals surface area contributed by atoms with Crippen molar-refractivity contribution in [2.24, 2.45) is 5.92 Å². The monoisotopic (exact) mass is 186 g/mol. The first-order valence-corrected chi connectivity index (χ1v) is 4.95. The number of hydrogen-bond acceptors (Lipinski definition) is 1. The molecule has 2 amide bonds. The molecule has 0 unspecified atom stereocenters. The summed E-state index contributed by atoms with van der Waals surface area (Å²) in [5.41, 5.74) is 0. The molecule has 1 N–H and O–H groups in total. The summed E-state index contributed by atoms with van der Waals surface area (Å²) < 4.78 is 0. The molecule has 78 valence electrons. The fourth-order valence-corrected chi connectivity index (χ4v) is 0.827. The molecule has 3 heteroatoms. The number of rotatable bonds is 4. The Morgan fingerprint density at radius 1 is 1.31 bits per heavy atom. The molecule has 0 fully saturated rings. The summed E-state index contributed by atoms with van der Waals surface area (Å²) in [6.07, 6.45) is 1.04. The largest absolute Gasteiger partial charge is 0.338 e. The van der Waals surface area contributed by atoms with Crippen LogP contribution in [0, 0.1) is 5.92 Å². The molecular formula is C10H22N2O. The van der Waals surface area contributed by atoms with Gasteiger partial charge in [0.25, 0.3) is 0 Å². The second kappa shape index (κ2) is 5.84. The molecule has 0 aromatic carbocycles. The third kappa shape index (κ3) is 5.50. The minimum Gasteiger partial charge on any atom is -0.338 e. The normalized spacial score (nSPS) is 10.7. The van der Waals surface area contributed by atoms with Gasteiger partial charge in [-0.2, -0.15) is 0 Å². The highest BCUT2D eigenvalue weighted by Crippen LogP contribution is 1.98. The van der Waals surface area contributed by atoms with Crippen LogP contribution in [0.5, 0.6) is 0 Å². The molecule has 0 heterocycles. The highest BCUT2D eigenvalue weighted by Gasteiger charge is 2.10. The lowest BCUT2D eigenvalue weighted by Gasteiger charge is -2.22. The van der Waals surface area contributed by atoms with Gasteiger partial charge >= 0.3 is 6.03 Å². The first-order valence-electron chi connectivity index (χ1n) is 4.95. The van der Waals surface area contributed by atoms with E-state index in [4.69, 9.17) is 0 Å². The average molecular weight is 186 g/mol. The van der Waals surface area contributed by atoms with Gasteiger partial charge in [0.15, 0.2) is 0 Å². The number of urea groups is 1. The van der Waals surface area contributed by atoms with Gasteiger partial charge in [-0.15, -0.1) is 0 Å². The molecule has 0 aromatic rings. The van der Waals surface area contributed by atoms with Crippen LogP contribution >= 0.6 is 0 Å². The van der Waals surface area contributed by atoms with Gasteiger partial charge in [0, 0.05) is 19.6 Å². The minimum absolute atomic E-state index is 0.0238. The number of hydrogen-bond donors (Lipinski definition) is 1. The topological polar surface area (TPSA) is 32.3 Å². The van der Waals surface area contributed by atoms with Crippen LogP contribution in [-0.4, -0.2) is 30.6 Å². The van der Waals surface area contributed by atoms with Crippen LogP contribution in [-0.2, 0) is 0 Å². The van der Waals surface area contributed by atoms with Crippen molar-refractivity contribution in [2.45, 2.75) is 40.2 Å². The standard InChI is InChI=1S/C10H22N2O/c1-8(2)6-7-11-10(13)12(5)9(3)4/h8-9H,6-7H2,1-5H3,(H,11,13). The lowest BCUT2D eigenvalue weighted by Crippen LogP contribution is -2.41. The Morgan fingerprint density at radius 2 is 1.85 bits per heavy atom. The summed E-state index contributed by atoms with van der Waals surface area (Å²) in [5.74, 6) is 0.643. The van der Waals surface area contributed by atoms with E-state index in [9.17, 15) is 4.79 Å². The molecule has 0 aromatic heterocycles. The van der Waals surface area contributed by atoms with E-state index in [2.05, 4.69) is 19.2 Å². The first-order chi connectivity index (χ1) is 5.95. The Morgan fingerprint density at radius 3 is 2.23 bits per heavy atom. The molecule has 0 saturated carbocycles. The molecule has 0 aliphatic heterocycles. The third-order valence-electron chi connectivity index (χ3n) is 2.09. The van der Waals surface area contributed by atoms with Crippen LogP contribution in [0.3, 0.4) is 0 Å². The molecular weight excluding hydrogens is 164 g/mol. The zero-order valence-electron chi connectivity index (χ0n) is 9.42. The number of amides is 2. The predicted molar refractivity (Wildman–Crippen MR) is 55.8 cm³/mol. The van der Waals surface area contributed by atoms with Gasteiger partial charge < -0.3 is 10.2 Å². The van der Waals surface area contributed by atoms with Crippen molar-refractivity contribution in [1.82, 2.24) is 10.2 Å². The maximum absolute atomic E-state index is 11.4. The van der Waals surface area contributed by atoms with Gasteiger partial charge in [-0.1, -0.05) is 13.8 Å². The molecule has 0 spiro atoms. The van der Waals surface area contributed by atoms with Crippen molar-refractivity contribution >= 4 is 6.03 Å². The minimum atomic E-state index is 0.0238. The van der Waals surface area contributed by atoms with Gasteiger partial charge in [0.05, 0.1) is 0 Å². The van der Waals surface area contributed by atoms with Gasteiger partial charge in [-0.05, 0) is 26.2 Å². The van der Waals surface area contributed by atoms with Crippen LogP contribution in [0.4, 0.5) is 4.79 Å². The van der Waals surface area contributed by atoms with Crippen LogP contribution < -0.4 is 5.32 Å². The van der Waals surface area contributed by atoms with E-state index in [-0.39, 0.29) is 12.1 Å². The van der Waals surface area contributed by atoms with Crippen molar-refractivity contribution in [3.63, 3.8) is 0 Å². The maximum atomic E-state index is 11.4. The Balaban J connectivity index is 3.62. The third-order valence-corrected chi connectivity index (χ3v) is 2.09. The first kappa shape index (κ1) is 12.3. The predicted octanol–water partition coefficient (Wildman–Crippen LogP) is 2.08. The van der Waals surface area contributed by atoms with E-state index in [0.29, 0.717) is 5.92 Å². The van der Waals surface area contributed by atoms with Crippen molar-refractivity contribution in [1.29, 1.82) is 0 Å². The zero-order valence-corrected chi connectivity index (χ0v) is 9.42. The lowest BCUT2D eigenvalue weighted by atomic mass is 10.1. The SMILES string of the molecule is CC(C)CCNC(=O)N(C)C(C)C. The van der Waals surface area contributed by atoms with Crippen molar-refractivity contribution in [2.75, 3.05) is 13.6 Å². The van der Waals surface area contributed by atoms with Crippen molar-refractivity contribution < 1.29 is 4.79 Å². The molecule has 0 bridgehead atoms. The van der Waals surface area contributed by atoms with E-state index in [1.54, 1.807) is 4.90 Å². The Kier molecular flexibility index (Phi) is 5.51. The fourth-order valence-electron chi connectivity index (χ4n) is 0.827. The van der Waals surface area contributed by atoms with Crippen LogP contribution in [0.25, 0.3) is 0 Å². The van der Waals surface area contributed by atoms with Crippen LogP contribution in [0.15, 0.2) is 0 Å². The van der Waals surface area contributed by atoms with Crippen LogP contribution in [0.1, 0.15) is 34.1 Å². The van der Waals surface area contributed by atoms with E-state index in [0.717, 1.165) is 13.0 Å². The van der Waals surface area contributed by atoms with E-state index in [1.165, 1.54) is 0 Å². The quantitative estimate of drug-likeness (QED) is 0.716. The molecule has 3 nitrogen and oxygen atoms in total. The van der Waals surface area contributed by atoms with E-state index in [1.807, 2.05) is 20.9 Å². The summed E-state index contributed by atoms with van der Waals surface area (Å²) in [6.45, 7) is 9.08. The molecule has 0 radical (unpaired) electrons. The average Bonchev–Trinajstić information content (AvgIpc) is 2.02. The second-order valence-electron chi connectivity index (χ2n) is 4.12. The maximum Gasteiger partial charge on any atom is 0.317 e. The van der Waals surface area contributed by atoms with Gasteiger partial charge in [-0.25, -0.2) is 4.79 Å². The molecule has 0 rings (SSSR count). The van der Waals surface area contributed by atoms with Gasteiger partial charge in [-0.3, -0.25) is 0 Å². The molecule has 0 aliphatic carbocycles. The Hall–Kier alpha value is -0.730. The molecule has 0 saturated heterocycles. The lowest BCUT2D eigenvalue weighted by molar-refractivity contribution is 0.197. The van der Waals surface area contributed by atoms with Crippen molar-refractivity contribution in [3.8, 4) is 0 Å². The summed E-state index contributed by atoms with van der Waals surface area (Å²) in [5, 5.41) is 2.88. The second-order valence-corrected chi connectivity index (χ2v) is 4.12.